The molecule has 1 rings (SSSR count). The minimum atomic E-state index is -1.04. The van der Waals surface area contributed by atoms with E-state index in [1.807, 2.05) is 6.92 Å². The Bertz CT molecular complexity index is 445. The fourth-order valence-electron chi connectivity index (χ4n) is 2.01. The van der Waals surface area contributed by atoms with Gasteiger partial charge in [-0.15, -0.1) is 0 Å². The molecule has 0 bridgehead atoms. The van der Waals surface area contributed by atoms with Gasteiger partial charge in [0, 0.05) is 24.3 Å². The highest BCUT2D eigenvalue weighted by Gasteiger charge is 2.33. The molecule has 0 saturated carbocycles. The van der Waals surface area contributed by atoms with Crippen LogP contribution in [0.5, 0.6) is 0 Å². The van der Waals surface area contributed by atoms with E-state index in [0.717, 1.165) is 19.3 Å². The fraction of sp³-hybridized carbons (Fsp3) is 0.769. The molecule has 1 fully saturated rings. The topological polar surface area (TPSA) is 122 Å². The monoisotopic (exact) mass is 312 g/mol. The minimum absolute atomic E-state index is 0.0501. The van der Waals surface area contributed by atoms with Gasteiger partial charge in [0.2, 0.25) is 0 Å². The molecule has 2 amide bonds. The van der Waals surface area contributed by atoms with Gasteiger partial charge in [-0.1, -0.05) is 23.5 Å². The lowest BCUT2D eigenvalue weighted by Gasteiger charge is -2.17. The van der Waals surface area contributed by atoms with Gasteiger partial charge in [-0.25, -0.2) is 4.79 Å². The Hall–Kier alpha value is -2.28. The predicted octanol–water partition coefficient (Wildman–Crippen LogP) is 2.85. The van der Waals surface area contributed by atoms with E-state index < -0.39 is 18.0 Å². The maximum Gasteiger partial charge on any atom is 0.534 e. The first kappa shape index (κ1) is 17.8. The Morgan fingerprint density at radius 3 is 2.59 bits per heavy atom. The van der Waals surface area contributed by atoms with Crippen molar-refractivity contribution in [3.8, 4) is 0 Å². The van der Waals surface area contributed by atoms with E-state index in [9.17, 15) is 14.4 Å². The van der Waals surface area contributed by atoms with Crippen LogP contribution in [-0.2, 0) is 19.2 Å². The van der Waals surface area contributed by atoms with Crippen LogP contribution in [0.2, 0.25) is 0 Å². The van der Waals surface area contributed by atoms with Crippen molar-refractivity contribution >= 4 is 18.0 Å². The van der Waals surface area contributed by atoms with Gasteiger partial charge in [-0.2, -0.15) is 0 Å². The summed E-state index contributed by atoms with van der Waals surface area (Å²) < 4.78 is 5.10. The van der Waals surface area contributed by atoms with Crippen LogP contribution < -0.4 is 0 Å². The molecule has 0 N–H and O–H groups in total. The van der Waals surface area contributed by atoms with Gasteiger partial charge >= 0.3 is 6.16 Å². The molecule has 1 saturated heterocycles. The molecule has 1 aliphatic rings. The summed E-state index contributed by atoms with van der Waals surface area (Å²) >= 11 is 0. The maximum absolute atomic E-state index is 11.6. The highest BCUT2D eigenvalue weighted by atomic mass is 16.8. The predicted molar refractivity (Wildman–Crippen MR) is 75.2 cm³/mol. The third kappa shape index (κ3) is 6.01. The molecule has 22 heavy (non-hydrogen) atoms. The molecule has 9 heteroatoms. The van der Waals surface area contributed by atoms with Crippen molar-refractivity contribution < 1.29 is 24.0 Å². The van der Waals surface area contributed by atoms with Gasteiger partial charge in [0.15, 0.2) is 0 Å². The van der Waals surface area contributed by atoms with Gasteiger partial charge in [0.1, 0.15) is 6.10 Å². The second-order valence-corrected chi connectivity index (χ2v) is 4.88. The number of amides is 2. The van der Waals surface area contributed by atoms with Crippen LogP contribution in [0.1, 0.15) is 51.9 Å². The second-order valence-electron chi connectivity index (χ2n) is 4.88. The molecule has 0 aromatic heterocycles. The zero-order chi connectivity index (χ0) is 16.4. The molecule has 1 heterocycles. The highest BCUT2D eigenvalue weighted by molar-refractivity contribution is 6.01. The van der Waals surface area contributed by atoms with E-state index >= 15 is 0 Å². The number of hydroxylamine groups is 2. The molecule has 0 aromatic carbocycles. The fourth-order valence-corrected chi connectivity index (χ4v) is 2.01. The Morgan fingerprint density at radius 2 is 2.00 bits per heavy atom. The number of unbranched alkanes of at least 4 members (excludes halogenated alkanes) is 2. The first-order valence-corrected chi connectivity index (χ1v) is 7.33. The third-order valence-electron chi connectivity index (χ3n) is 3.24. The van der Waals surface area contributed by atoms with E-state index in [1.165, 1.54) is 0 Å². The number of ether oxygens (including phenoxy) is 1. The quantitative estimate of drug-likeness (QED) is 0.162. The number of imide groups is 1. The number of azide groups is 1. The van der Waals surface area contributed by atoms with E-state index in [2.05, 4.69) is 14.9 Å². The van der Waals surface area contributed by atoms with E-state index in [0.29, 0.717) is 24.4 Å². The van der Waals surface area contributed by atoms with E-state index in [1.54, 1.807) is 0 Å². The summed E-state index contributed by atoms with van der Waals surface area (Å²) in [6.07, 6.45) is 2.43. The standard InChI is InChI=1S/C13H20N4O5/c1-2-10(6-4-3-5-9-15-16-14)21-13(20)22-17-11(18)7-8-12(17)19/h10H,2-9H2,1H3. The molecule has 0 aromatic rings. The molecule has 122 valence electrons. The van der Waals surface area contributed by atoms with Crippen molar-refractivity contribution in [3.05, 3.63) is 10.4 Å². The lowest BCUT2D eigenvalue weighted by atomic mass is 10.1. The number of nitrogens with zero attached hydrogens (tertiary/aromatic N) is 4. The van der Waals surface area contributed by atoms with Gasteiger partial charge < -0.3 is 4.74 Å². The molecule has 0 aliphatic carbocycles. The third-order valence-corrected chi connectivity index (χ3v) is 3.24. The van der Waals surface area contributed by atoms with Gasteiger partial charge in [-0.05, 0) is 31.2 Å². The van der Waals surface area contributed by atoms with Crippen molar-refractivity contribution in [1.82, 2.24) is 5.06 Å². The number of carbonyl (C=O) groups excluding carboxylic acids is 3. The molecule has 0 spiro atoms. The first-order valence-electron chi connectivity index (χ1n) is 7.33. The summed E-state index contributed by atoms with van der Waals surface area (Å²) in [5.74, 6) is -1.07. The van der Waals surface area contributed by atoms with Crippen LogP contribution >= 0.6 is 0 Å². The summed E-state index contributed by atoms with van der Waals surface area (Å²) in [6, 6.07) is 0. The largest absolute Gasteiger partial charge is 0.534 e. The van der Waals surface area contributed by atoms with Crippen LogP contribution in [0.15, 0.2) is 5.11 Å². The van der Waals surface area contributed by atoms with Crippen LogP contribution in [0.3, 0.4) is 0 Å². The second kappa shape index (κ2) is 9.62. The van der Waals surface area contributed by atoms with Gasteiger partial charge in [0.05, 0.1) is 0 Å². The summed E-state index contributed by atoms with van der Waals surface area (Å²) in [4.78, 5) is 41.5. The van der Waals surface area contributed by atoms with Crippen molar-refractivity contribution in [2.75, 3.05) is 6.54 Å². The first-order chi connectivity index (χ1) is 10.6. The van der Waals surface area contributed by atoms with Crippen molar-refractivity contribution in [3.63, 3.8) is 0 Å². The normalized spacial score (nSPS) is 15.4. The number of rotatable bonds is 9. The molecule has 1 unspecified atom stereocenters. The number of hydrogen-bond donors (Lipinski definition) is 0. The Balaban J connectivity index is 2.26. The van der Waals surface area contributed by atoms with Gasteiger partial charge in [-0.3, -0.25) is 14.4 Å². The Labute approximate surface area is 128 Å². The highest BCUT2D eigenvalue weighted by Crippen LogP contribution is 2.15. The van der Waals surface area contributed by atoms with E-state index in [4.69, 9.17) is 10.3 Å². The molecule has 9 nitrogen and oxygen atoms in total. The summed E-state index contributed by atoms with van der Waals surface area (Å²) in [7, 11) is 0. The lowest BCUT2D eigenvalue weighted by Crippen LogP contribution is -2.33. The average molecular weight is 312 g/mol. The average Bonchev–Trinajstić information content (AvgIpc) is 2.81. The van der Waals surface area contributed by atoms with Crippen molar-refractivity contribution in [2.24, 2.45) is 5.11 Å². The van der Waals surface area contributed by atoms with Crippen molar-refractivity contribution in [1.29, 1.82) is 0 Å². The van der Waals surface area contributed by atoms with Crippen LogP contribution in [0, 0.1) is 0 Å². The number of carbonyl (C=O) groups is 3. The molecular weight excluding hydrogens is 292 g/mol. The SMILES string of the molecule is CCC(CCCCCN=[N+]=[N-])OC(=O)ON1C(=O)CCC1=O. The summed E-state index contributed by atoms with van der Waals surface area (Å²) in [6.45, 7) is 2.32. The van der Waals surface area contributed by atoms with Crippen molar-refractivity contribution in [2.45, 2.75) is 58.0 Å². The smallest absolute Gasteiger partial charge is 0.429 e. The van der Waals surface area contributed by atoms with Crippen LogP contribution in [0.25, 0.3) is 10.4 Å². The van der Waals surface area contributed by atoms with Crippen LogP contribution in [0.4, 0.5) is 4.79 Å². The van der Waals surface area contributed by atoms with Gasteiger partial charge in [0.25, 0.3) is 11.8 Å². The Morgan fingerprint density at radius 1 is 1.32 bits per heavy atom. The zero-order valence-corrected chi connectivity index (χ0v) is 12.6. The lowest BCUT2D eigenvalue weighted by molar-refractivity contribution is -0.178. The summed E-state index contributed by atoms with van der Waals surface area (Å²) in [5, 5.41) is 3.90. The molecular formula is C13H20N4O5. The maximum atomic E-state index is 11.6. The van der Waals surface area contributed by atoms with E-state index in [-0.39, 0.29) is 18.9 Å². The summed E-state index contributed by atoms with van der Waals surface area (Å²) in [5.41, 5.74) is 8.14. The molecule has 0 radical (unpaired) electrons. The zero-order valence-electron chi connectivity index (χ0n) is 12.6. The molecule has 1 aliphatic heterocycles. The minimum Gasteiger partial charge on any atom is -0.429 e. The van der Waals surface area contributed by atoms with Crippen LogP contribution in [-0.4, -0.2) is 35.7 Å². The Kier molecular flexibility index (Phi) is 7.77. The molecule has 1 atom stereocenters. The number of hydrogen-bond acceptors (Lipinski definition) is 6.